The van der Waals surface area contributed by atoms with Crippen LogP contribution in [0.3, 0.4) is 0 Å². The number of nitrogens with one attached hydrogen (secondary N) is 2. The third-order valence-corrected chi connectivity index (χ3v) is 5.07. The zero-order valence-electron chi connectivity index (χ0n) is 14.9. The number of morpholine rings is 1. The number of likely N-dealkylation sites (tertiary alicyclic amines) is 1. The number of benzene rings is 1. The number of ether oxygens (including phenoxy) is 1. The average molecular weight is 368 g/mol. The normalized spacial score (nSPS) is 25.2. The molecule has 2 fully saturated rings. The van der Waals surface area contributed by atoms with Gasteiger partial charge in [-0.15, -0.1) is 12.4 Å². The zero-order chi connectivity index (χ0) is 16.8. The van der Waals surface area contributed by atoms with Crippen molar-refractivity contribution >= 4 is 18.3 Å². The highest BCUT2D eigenvalue weighted by Gasteiger charge is 2.28. The van der Waals surface area contributed by atoms with Crippen molar-refractivity contribution in [1.82, 2.24) is 15.5 Å². The lowest BCUT2D eigenvalue weighted by Gasteiger charge is -2.25. The second kappa shape index (κ2) is 10.1. The van der Waals surface area contributed by atoms with Crippen molar-refractivity contribution in [2.24, 2.45) is 5.92 Å². The van der Waals surface area contributed by atoms with Crippen LogP contribution in [0.1, 0.15) is 25.3 Å². The largest absolute Gasteiger partial charge is 0.375 e. The van der Waals surface area contributed by atoms with E-state index in [-0.39, 0.29) is 30.5 Å². The van der Waals surface area contributed by atoms with E-state index in [0.29, 0.717) is 18.9 Å². The summed E-state index contributed by atoms with van der Waals surface area (Å²) in [6.07, 6.45) is 1.62. The summed E-state index contributed by atoms with van der Waals surface area (Å²) in [7, 11) is 0. The van der Waals surface area contributed by atoms with Crippen LogP contribution in [0.2, 0.25) is 0 Å². The standard InChI is InChI=1S/C19H29N3O2.ClH/c1-15(21-19(23)11-18-12-20-8-10-24-18)17-7-9-22(14-17)13-16-5-3-2-4-6-16;/h2-6,15,17-18,20H,7-14H2,1H3,(H,21,23);1H. The van der Waals surface area contributed by atoms with Crippen molar-refractivity contribution in [3.63, 3.8) is 0 Å². The SMILES string of the molecule is CC(NC(=O)CC1CNCCO1)C1CCN(Cc2ccccc2)C1.Cl. The molecule has 2 aliphatic rings. The lowest BCUT2D eigenvalue weighted by Crippen LogP contribution is -2.44. The van der Waals surface area contributed by atoms with Gasteiger partial charge in [0.15, 0.2) is 0 Å². The summed E-state index contributed by atoms with van der Waals surface area (Å²) in [6, 6.07) is 10.8. The molecule has 1 amide bonds. The highest BCUT2D eigenvalue weighted by Crippen LogP contribution is 2.21. The molecule has 1 aromatic carbocycles. The second-order valence-electron chi connectivity index (χ2n) is 7.03. The Morgan fingerprint density at radius 3 is 2.92 bits per heavy atom. The Hall–Kier alpha value is -1.14. The quantitative estimate of drug-likeness (QED) is 0.805. The van der Waals surface area contributed by atoms with Gasteiger partial charge in [0.25, 0.3) is 0 Å². The molecule has 2 heterocycles. The predicted octanol–water partition coefficient (Wildman–Crippen LogP) is 1.81. The van der Waals surface area contributed by atoms with E-state index < -0.39 is 0 Å². The van der Waals surface area contributed by atoms with Gasteiger partial charge in [0.1, 0.15) is 0 Å². The molecule has 2 saturated heterocycles. The van der Waals surface area contributed by atoms with Crippen molar-refractivity contribution in [1.29, 1.82) is 0 Å². The smallest absolute Gasteiger partial charge is 0.222 e. The molecule has 6 heteroatoms. The van der Waals surface area contributed by atoms with Crippen molar-refractivity contribution < 1.29 is 9.53 Å². The van der Waals surface area contributed by atoms with E-state index in [4.69, 9.17) is 4.74 Å². The van der Waals surface area contributed by atoms with Crippen LogP contribution >= 0.6 is 12.4 Å². The molecule has 0 aliphatic carbocycles. The minimum absolute atomic E-state index is 0. The molecular weight excluding hydrogens is 338 g/mol. The molecule has 25 heavy (non-hydrogen) atoms. The number of nitrogens with zero attached hydrogens (tertiary/aromatic N) is 1. The maximum atomic E-state index is 12.2. The fourth-order valence-electron chi connectivity index (χ4n) is 3.64. The molecule has 0 spiro atoms. The van der Waals surface area contributed by atoms with Crippen LogP contribution in [-0.2, 0) is 16.1 Å². The van der Waals surface area contributed by atoms with Gasteiger partial charge in [-0.3, -0.25) is 9.69 Å². The molecule has 2 aliphatic heterocycles. The highest BCUT2D eigenvalue weighted by molar-refractivity contribution is 5.85. The fraction of sp³-hybridized carbons (Fsp3) is 0.632. The molecule has 1 aromatic rings. The minimum Gasteiger partial charge on any atom is -0.375 e. The molecule has 0 bridgehead atoms. The van der Waals surface area contributed by atoms with Crippen molar-refractivity contribution in [2.45, 2.75) is 38.5 Å². The predicted molar refractivity (Wildman–Crippen MR) is 102 cm³/mol. The maximum Gasteiger partial charge on any atom is 0.222 e. The topological polar surface area (TPSA) is 53.6 Å². The van der Waals surface area contributed by atoms with Gasteiger partial charge in [0, 0.05) is 32.2 Å². The van der Waals surface area contributed by atoms with Gasteiger partial charge in [0.05, 0.1) is 19.1 Å². The van der Waals surface area contributed by atoms with Crippen molar-refractivity contribution in [2.75, 3.05) is 32.8 Å². The lowest BCUT2D eigenvalue weighted by molar-refractivity contribution is -0.125. The Kier molecular flexibility index (Phi) is 8.16. The monoisotopic (exact) mass is 367 g/mol. The number of amides is 1. The number of halogens is 1. The van der Waals surface area contributed by atoms with E-state index in [1.54, 1.807) is 0 Å². The third-order valence-electron chi connectivity index (χ3n) is 5.07. The molecule has 140 valence electrons. The summed E-state index contributed by atoms with van der Waals surface area (Å²) in [5, 5.41) is 6.45. The van der Waals surface area contributed by atoms with Crippen molar-refractivity contribution in [3.8, 4) is 0 Å². The first kappa shape index (κ1) is 20.2. The third kappa shape index (κ3) is 6.26. The van der Waals surface area contributed by atoms with Gasteiger partial charge in [0.2, 0.25) is 5.91 Å². The summed E-state index contributed by atoms with van der Waals surface area (Å²) in [5.41, 5.74) is 1.36. The van der Waals surface area contributed by atoms with Gasteiger partial charge in [-0.2, -0.15) is 0 Å². The van der Waals surface area contributed by atoms with Gasteiger partial charge < -0.3 is 15.4 Å². The zero-order valence-corrected chi connectivity index (χ0v) is 15.8. The number of rotatable bonds is 6. The minimum atomic E-state index is 0. The molecule has 0 aromatic heterocycles. The van der Waals surface area contributed by atoms with Gasteiger partial charge in [-0.05, 0) is 31.4 Å². The van der Waals surface area contributed by atoms with Crippen LogP contribution in [-0.4, -0.2) is 55.7 Å². The maximum absolute atomic E-state index is 12.2. The summed E-state index contributed by atoms with van der Waals surface area (Å²) >= 11 is 0. The Morgan fingerprint density at radius 2 is 2.20 bits per heavy atom. The number of carbonyl (C=O) groups is 1. The molecular formula is C19H30ClN3O2. The first-order valence-corrected chi connectivity index (χ1v) is 9.08. The first-order valence-electron chi connectivity index (χ1n) is 9.08. The summed E-state index contributed by atoms with van der Waals surface area (Å²) in [6.45, 7) is 7.65. The molecule has 0 saturated carbocycles. The van der Waals surface area contributed by atoms with E-state index in [1.807, 2.05) is 0 Å². The van der Waals surface area contributed by atoms with Crippen LogP contribution in [0.15, 0.2) is 30.3 Å². The van der Waals surface area contributed by atoms with Gasteiger partial charge in [-0.25, -0.2) is 0 Å². The number of hydrogen-bond donors (Lipinski definition) is 2. The van der Waals surface area contributed by atoms with E-state index in [0.717, 1.165) is 39.1 Å². The van der Waals surface area contributed by atoms with Crippen LogP contribution in [0.4, 0.5) is 0 Å². The Labute approximate surface area is 156 Å². The van der Waals surface area contributed by atoms with E-state index in [9.17, 15) is 4.79 Å². The van der Waals surface area contributed by atoms with Crippen LogP contribution in [0, 0.1) is 5.92 Å². The highest BCUT2D eigenvalue weighted by atomic mass is 35.5. The van der Waals surface area contributed by atoms with E-state index >= 15 is 0 Å². The molecule has 2 N–H and O–H groups in total. The van der Waals surface area contributed by atoms with Crippen molar-refractivity contribution in [3.05, 3.63) is 35.9 Å². The van der Waals surface area contributed by atoms with Crippen LogP contribution in [0.25, 0.3) is 0 Å². The molecule has 3 unspecified atom stereocenters. The molecule has 3 atom stereocenters. The average Bonchev–Trinajstić information content (AvgIpc) is 3.05. The lowest BCUT2D eigenvalue weighted by atomic mass is 10.0. The van der Waals surface area contributed by atoms with Gasteiger partial charge >= 0.3 is 0 Å². The molecule has 5 nitrogen and oxygen atoms in total. The number of carbonyl (C=O) groups excluding carboxylic acids is 1. The second-order valence-corrected chi connectivity index (χ2v) is 7.03. The Balaban J connectivity index is 0.00000225. The summed E-state index contributed by atoms with van der Waals surface area (Å²) < 4.78 is 5.61. The van der Waals surface area contributed by atoms with E-state index in [1.165, 1.54) is 5.56 Å². The summed E-state index contributed by atoms with van der Waals surface area (Å²) in [5.74, 6) is 0.640. The molecule has 0 radical (unpaired) electrons. The van der Waals surface area contributed by atoms with Gasteiger partial charge in [-0.1, -0.05) is 30.3 Å². The summed E-state index contributed by atoms with van der Waals surface area (Å²) in [4.78, 5) is 14.7. The van der Waals surface area contributed by atoms with Crippen LogP contribution in [0.5, 0.6) is 0 Å². The Morgan fingerprint density at radius 1 is 1.40 bits per heavy atom. The molecule has 3 rings (SSSR count). The van der Waals surface area contributed by atoms with E-state index in [2.05, 4.69) is 52.8 Å². The first-order chi connectivity index (χ1) is 11.7. The van der Waals surface area contributed by atoms with Crippen LogP contribution < -0.4 is 10.6 Å². The Bertz CT molecular complexity index is 523. The number of hydrogen-bond acceptors (Lipinski definition) is 4. The fourth-order valence-corrected chi connectivity index (χ4v) is 3.64.